The van der Waals surface area contributed by atoms with Gasteiger partial charge in [-0.25, -0.2) is 4.98 Å². The van der Waals surface area contributed by atoms with Gasteiger partial charge in [-0.2, -0.15) is 0 Å². The van der Waals surface area contributed by atoms with Crippen LogP contribution in [0.1, 0.15) is 24.1 Å². The molecule has 5 heteroatoms. The lowest BCUT2D eigenvalue weighted by Crippen LogP contribution is -2.28. The van der Waals surface area contributed by atoms with E-state index in [0.29, 0.717) is 30.4 Å². The Balaban J connectivity index is 1.80. The number of carbonyl (C=O) groups is 1. The summed E-state index contributed by atoms with van der Waals surface area (Å²) in [5.74, 6) is 6.36. The average Bonchev–Trinajstić information content (AvgIpc) is 2.63. The highest BCUT2D eigenvalue weighted by molar-refractivity contribution is 5.93. The fourth-order valence-corrected chi connectivity index (χ4v) is 2.52. The molecule has 1 saturated heterocycles. The maximum Gasteiger partial charge on any atom is 0.227 e. The normalized spacial score (nSPS) is 14.5. The van der Waals surface area contributed by atoms with Gasteiger partial charge in [0.2, 0.25) is 5.91 Å². The van der Waals surface area contributed by atoms with Crippen LogP contribution in [0.2, 0.25) is 0 Å². The van der Waals surface area contributed by atoms with Crippen LogP contribution in [-0.4, -0.2) is 24.1 Å². The van der Waals surface area contributed by atoms with Crippen molar-refractivity contribution >= 4 is 17.4 Å². The van der Waals surface area contributed by atoms with Gasteiger partial charge < -0.3 is 15.8 Å². The van der Waals surface area contributed by atoms with E-state index in [1.807, 2.05) is 30.3 Å². The van der Waals surface area contributed by atoms with Gasteiger partial charge in [-0.05, 0) is 43.0 Å². The van der Waals surface area contributed by atoms with Crippen LogP contribution >= 0.6 is 0 Å². The van der Waals surface area contributed by atoms with Crippen molar-refractivity contribution in [3.05, 3.63) is 53.7 Å². The zero-order valence-electron chi connectivity index (χ0n) is 13.3. The van der Waals surface area contributed by atoms with E-state index in [0.717, 1.165) is 18.4 Å². The number of hydrogen-bond acceptors (Lipinski definition) is 4. The predicted molar refractivity (Wildman–Crippen MR) is 93.2 cm³/mol. The molecule has 1 aromatic carbocycles. The van der Waals surface area contributed by atoms with Crippen molar-refractivity contribution in [1.82, 2.24) is 4.98 Å². The second-order valence-electron chi connectivity index (χ2n) is 5.62. The molecule has 1 aliphatic heterocycles. The lowest BCUT2D eigenvalue weighted by atomic mass is 9.99. The maximum absolute atomic E-state index is 12.4. The first-order valence-electron chi connectivity index (χ1n) is 7.94. The minimum atomic E-state index is -0.0359. The summed E-state index contributed by atoms with van der Waals surface area (Å²) in [6, 6.07) is 13.0. The molecule has 1 aliphatic rings. The molecule has 1 amide bonds. The standard InChI is InChI=1S/C19H19N3O2/c20-18-9-8-17(22-19(23)15-10-12-24-13-11-15)16(21-18)7-6-14-4-2-1-3-5-14/h1-5,8-9,15H,10-13H2,(H2,20,21)(H,22,23). The number of nitrogens with one attached hydrogen (secondary N) is 1. The van der Waals surface area contributed by atoms with Gasteiger partial charge in [-0.15, -0.1) is 0 Å². The molecule has 2 heterocycles. The number of nitrogens with two attached hydrogens (primary N) is 1. The Morgan fingerprint density at radius 1 is 1.12 bits per heavy atom. The molecule has 0 radical (unpaired) electrons. The van der Waals surface area contributed by atoms with Crippen molar-refractivity contribution in [2.75, 3.05) is 24.3 Å². The predicted octanol–water partition coefficient (Wildman–Crippen LogP) is 2.43. The number of carbonyl (C=O) groups excluding carboxylic acids is 1. The summed E-state index contributed by atoms with van der Waals surface area (Å²) in [5.41, 5.74) is 7.70. The van der Waals surface area contributed by atoms with E-state index in [1.54, 1.807) is 12.1 Å². The highest BCUT2D eigenvalue weighted by atomic mass is 16.5. The van der Waals surface area contributed by atoms with Gasteiger partial charge in [-0.1, -0.05) is 24.1 Å². The van der Waals surface area contributed by atoms with Gasteiger partial charge in [0, 0.05) is 24.7 Å². The van der Waals surface area contributed by atoms with E-state index in [-0.39, 0.29) is 11.8 Å². The van der Waals surface area contributed by atoms with Crippen LogP contribution in [-0.2, 0) is 9.53 Å². The highest BCUT2D eigenvalue weighted by Gasteiger charge is 2.22. The number of benzene rings is 1. The number of aromatic nitrogens is 1. The van der Waals surface area contributed by atoms with Crippen LogP contribution in [0.25, 0.3) is 0 Å². The molecule has 1 aromatic heterocycles. The quantitative estimate of drug-likeness (QED) is 0.833. The minimum absolute atomic E-state index is 0.0207. The SMILES string of the molecule is Nc1ccc(NC(=O)C2CCOCC2)c(C#Cc2ccccc2)n1. The first kappa shape index (κ1) is 16.0. The molecular formula is C19H19N3O2. The number of nitrogen functional groups attached to an aromatic ring is 1. The second kappa shape index (κ2) is 7.62. The number of nitrogens with zero attached hydrogens (tertiary/aromatic N) is 1. The highest BCUT2D eigenvalue weighted by Crippen LogP contribution is 2.20. The van der Waals surface area contributed by atoms with Crippen molar-refractivity contribution in [3.8, 4) is 11.8 Å². The summed E-state index contributed by atoms with van der Waals surface area (Å²) >= 11 is 0. The first-order valence-corrected chi connectivity index (χ1v) is 7.94. The van der Waals surface area contributed by atoms with E-state index in [4.69, 9.17) is 10.5 Å². The van der Waals surface area contributed by atoms with Crippen molar-refractivity contribution in [2.45, 2.75) is 12.8 Å². The lowest BCUT2D eigenvalue weighted by Gasteiger charge is -2.21. The van der Waals surface area contributed by atoms with Crippen molar-refractivity contribution < 1.29 is 9.53 Å². The number of rotatable bonds is 2. The van der Waals surface area contributed by atoms with E-state index in [1.165, 1.54) is 0 Å². The Kier molecular flexibility index (Phi) is 5.09. The zero-order valence-corrected chi connectivity index (χ0v) is 13.3. The number of pyridine rings is 1. The largest absolute Gasteiger partial charge is 0.384 e. The summed E-state index contributed by atoms with van der Waals surface area (Å²) in [6.07, 6.45) is 1.47. The average molecular weight is 321 g/mol. The Morgan fingerprint density at radius 3 is 2.62 bits per heavy atom. The van der Waals surface area contributed by atoms with Crippen molar-refractivity contribution in [2.24, 2.45) is 5.92 Å². The maximum atomic E-state index is 12.4. The number of amides is 1. The number of hydrogen-bond donors (Lipinski definition) is 2. The Hall–Kier alpha value is -2.84. The van der Waals surface area contributed by atoms with Crippen molar-refractivity contribution in [1.29, 1.82) is 0 Å². The van der Waals surface area contributed by atoms with E-state index < -0.39 is 0 Å². The van der Waals surface area contributed by atoms with Crippen LogP contribution in [0, 0.1) is 17.8 Å². The fraction of sp³-hybridized carbons (Fsp3) is 0.263. The smallest absolute Gasteiger partial charge is 0.227 e. The Bertz CT molecular complexity index is 772. The van der Waals surface area contributed by atoms with E-state index >= 15 is 0 Å². The van der Waals surface area contributed by atoms with E-state index in [9.17, 15) is 4.79 Å². The first-order chi connectivity index (χ1) is 11.7. The number of ether oxygens (including phenoxy) is 1. The number of anilines is 2. The summed E-state index contributed by atoms with van der Waals surface area (Å²) < 4.78 is 5.30. The monoisotopic (exact) mass is 321 g/mol. The van der Waals surface area contributed by atoms with Crippen molar-refractivity contribution in [3.63, 3.8) is 0 Å². The van der Waals surface area contributed by atoms with Gasteiger partial charge >= 0.3 is 0 Å². The third-order valence-electron chi connectivity index (χ3n) is 3.87. The summed E-state index contributed by atoms with van der Waals surface area (Å²) in [5, 5.41) is 2.93. The molecule has 0 unspecified atom stereocenters. The van der Waals surface area contributed by atoms with Gasteiger partial charge in [0.1, 0.15) is 11.5 Å². The minimum Gasteiger partial charge on any atom is -0.384 e. The molecule has 2 aromatic rings. The van der Waals surface area contributed by atoms with Gasteiger partial charge in [0.05, 0.1) is 5.69 Å². The Labute approximate surface area is 141 Å². The molecule has 1 fully saturated rings. The summed E-state index contributed by atoms with van der Waals surface area (Å²) in [7, 11) is 0. The Morgan fingerprint density at radius 2 is 1.88 bits per heavy atom. The van der Waals surface area contributed by atoms with Crippen LogP contribution in [0.4, 0.5) is 11.5 Å². The third kappa shape index (κ3) is 4.12. The third-order valence-corrected chi connectivity index (χ3v) is 3.87. The summed E-state index contributed by atoms with van der Waals surface area (Å²) in [4.78, 5) is 16.7. The van der Waals surface area contributed by atoms with E-state index in [2.05, 4.69) is 22.1 Å². The van der Waals surface area contributed by atoms with Gasteiger partial charge in [-0.3, -0.25) is 4.79 Å². The summed E-state index contributed by atoms with van der Waals surface area (Å²) in [6.45, 7) is 1.25. The molecule has 3 rings (SSSR count). The van der Waals surface area contributed by atoms with Crippen LogP contribution in [0.15, 0.2) is 42.5 Å². The van der Waals surface area contributed by atoms with Gasteiger partial charge in [0.25, 0.3) is 0 Å². The van der Waals surface area contributed by atoms with Crippen LogP contribution in [0.3, 0.4) is 0 Å². The molecule has 0 aliphatic carbocycles. The topological polar surface area (TPSA) is 77.2 Å². The molecule has 3 N–H and O–H groups in total. The molecule has 122 valence electrons. The molecule has 5 nitrogen and oxygen atoms in total. The van der Waals surface area contributed by atoms with Gasteiger partial charge in [0.15, 0.2) is 0 Å². The molecule has 0 saturated carbocycles. The molecule has 0 atom stereocenters. The fourth-order valence-electron chi connectivity index (χ4n) is 2.52. The molecule has 24 heavy (non-hydrogen) atoms. The van der Waals surface area contributed by atoms with Crippen LogP contribution in [0.5, 0.6) is 0 Å². The molecule has 0 spiro atoms. The second-order valence-corrected chi connectivity index (χ2v) is 5.62. The van der Waals surface area contributed by atoms with Crippen LogP contribution < -0.4 is 11.1 Å². The molecular weight excluding hydrogens is 302 g/mol. The lowest BCUT2D eigenvalue weighted by molar-refractivity contribution is -0.122. The zero-order chi connectivity index (χ0) is 16.8. The molecule has 0 bridgehead atoms.